The molecule has 0 aromatic carbocycles. The van der Waals surface area contributed by atoms with Crippen molar-refractivity contribution in [1.82, 2.24) is 4.90 Å². The summed E-state index contributed by atoms with van der Waals surface area (Å²) in [5, 5.41) is 31.0. The maximum Gasteiger partial charge on any atom is 0.251 e. The van der Waals surface area contributed by atoms with Crippen molar-refractivity contribution < 1.29 is 20.1 Å². The number of allylic oxidation sites excluding steroid dienone is 3. The zero-order valence-corrected chi connectivity index (χ0v) is 21.2. The molecule has 1 heterocycles. The average molecular weight is 472 g/mol. The van der Waals surface area contributed by atoms with Crippen molar-refractivity contribution in [3.05, 3.63) is 35.5 Å². The molecule has 3 saturated carbocycles. The van der Waals surface area contributed by atoms with Crippen LogP contribution in [0.2, 0.25) is 0 Å². The first-order valence-corrected chi connectivity index (χ1v) is 13.6. The van der Waals surface area contributed by atoms with Gasteiger partial charge in [-0.1, -0.05) is 38.2 Å². The summed E-state index contributed by atoms with van der Waals surface area (Å²) in [6.45, 7) is 10.3. The van der Waals surface area contributed by atoms with E-state index >= 15 is 0 Å². The van der Waals surface area contributed by atoms with Gasteiger partial charge in [0, 0.05) is 19.5 Å². The first-order chi connectivity index (χ1) is 16.2. The Labute approximate surface area is 205 Å². The van der Waals surface area contributed by atoms with E-state index in [9.17, 15) is 20.1 Å². The predicted molar refractivity (Wildman–Crippen MR) is 135 cm³/mol. The van der Waals surface area contributed by atoms with Gasteiger partial charge in [-0.15, -0.1) is 0 Å². The van der Waals surface area contributed by atoms with Gasteiger partial charge in [0.25, 0.3) is 5.91 Å². The summed E-state index contributed by atoms with van der Waals surface area (Å²) in [6.07, 6.45) is 12.8. The normalized spacial score (nSPS) is 38.7. The second-order valence-electron chi connectivity index (χ2n) is 11.8. The van der Waals surface area contributed by atoms with Crippen LogP contribution in [0.3, 0.4) is 0 Å². The molecule has 4 rings (SSSR count). The molecule has 4 fully saturated rings. The van der Waals surface area contributed by atoms with Gasteiger partial charge in [0.1, 0.15) is 6.10 Å². The Kier molecular flexibility index (Phi) is 8.06. The summed E-state index contributed by atoms with van der Waals surface area (Å²) in [7, 11) is 0. The maximum atomic E-state index is 12.8. The highest BCUT2D eigenvalue weighted by Gasteiger charge is 2.51. The molecule has 0 radical (unpaired) electrons. The van der Waals surface area contributed by atoms with Crippen LogP contribution in [0.4, 0.5) is 0 Å². The summed E-state index contributed by atoms with van der Waals surface area (Å²) >= 11 is 0. The fourth-order valence-electron chi connectivity index (χ4n) is 7.62. The third-order valence-electron chi connectivity index (χ3n) is 9.54. The van der Waals surface area contributed by atoms with Crippen LogP contribution in [0.5, 0.6) is 0 Å². The zero-order valence-electron chi connectivity index (χ0n) is 21.2. The molecule has 5 heteroatoms. The lowest BCUT2D eigenvalue weighted by Crippen LogP contribution is -2.44. The SMILES string of the molecule is C=C1/C(=C/C=C2\CCC[C@]3(C)[C@@H](C(C)CC(O)C(=O)N4CCCCC4)CC[C@@H]23)C[C@@H](O)C[C@@H]1O. The van der Waals surface area contributed by atoms with Gasteiger partial charge < -0.3 is 20.2 Å². The number of hydrogen-bond acceptors (Lipinski definition) is 4. The Balaban J connectivity index is 1.43. The summed E-state index contributed by atoms with van der Waals surface area (Å²) in [6, 6.07) is 0. The smallest absolute Gasteiger partial charge is 0.251 e. The highest BCUT2D eigenvalue weighted by atomic mass is 16.3. The van der Waals surface area contributed by atoms with Crippen molar-refractivity contribution >= 4 is 5.91 Å². The Bertz CT molecular complexity index is 826. The predicted octanol–water partition coefficient (Wildman–Crippen LogP) is 4.53. The van der Waals surface area contributed by atoms with Crippen LogP contribution in [0.25, 0.3) is 0 Å². The van der Waals surface area contributed by atoms with E-state index in [1.54, 1.807) is 0 Å². The summed E-state index contributed by atoms with van der Waals surface area (Å²) in [4.78, 5) is 14.7. The highest BCUT2D eigenvalue weighted by molar-refractivity contribution is 5.80. The molecule has 5 nitrogen and oxygen atoms in total. The quantitative estimate of drug-likeness (QED) is 0.550. The van der Waals surface area contributed by atoms with E-state index in [1.165, 1.54) is 18.4 Å². The molecule has 2 unspecified atom stereocenters. The second kappa shape index (κ2) is 10.7. The van der Waals surface area contributed by atoms with Crippen LogP contribution >= 0.6 is 0 Å². The molecule has 0 aromatic rings. The number of likely N-dealkylation sites (tertiary alicyclic amines) is 1. The van der Waals surface area contributed by atoms with Gasteiger partial charge in [-0.3, -0.25) is 4.79 Å². The Morgan fingerprint density at radius 2 is 1.91 bits per heavy atom. The number of hydrogen-bond donors (Lipinski definition) is 3. The minimum Gasteiger partial charge on any atom is -0.393 e. The third kappa shape index (κ3) is 5.22. The Morgan fingerprint density at radius 1 is 1.18 bits per heavy atom. The van der Waals surface area contributed by atoms with E-state index in [0.717, 1.165) is 62.8 Å². The largest absolute Gasteiger partial charge is 0.393 e. The molecule has 34 heavy (non-hydrogen) atoms. The second-order valence-corrected chi connectivity index (χ2v) is 11.8. The number of carbonyl (C=O) groups excluding carboxylic acids is 1. The number of rotatable bonds is 5. The third-order valence-corrected chi connectivity index (χ3v) is 9.54. The molecule has 3 N–H and O–H groups in total. The fraction of sp³-hybridized carbons (Fsp3) is 0.759. The van der Waals surface area contributed by atoms with Gasteiger partial charge in [0.15, 0.2) is 0 Å². The van der Waals surface area contributed by atoms with E-state index in [4.69, 9.17) is 0 Å². The van der Waals surface area contributed by atoms with Crippen molar-refractivity contribution in [2.45, 2.75) is 103 Å². The van der Waals surface area contributed by atoms with E-state index < -0.39 is 18.3 Å². The number of piperidine rings is 1. The van der Waals surface area contributed by atoms with E-state index in [-0.39, 0.29) is 11.3 Å². The van der Waals surface area contributed by atoms with Gasteiger partial charge >= 0.3 is 0 Å². The molecule has 4 aliphatic rings. The molecule has 1 saturated heterocycles. The summed E-state index contributed by atoms with van der Waals surface area (Å²) < 4.78 is 0. The van der Waals surface area contributed by atoms with E-state index in [2.05, 4.69) is 32.6 Å². The fourth-order valence-corrected chi connectivity index (χ4v) is 7.62. The molecule has 1 aliphatic heterocycles. The van der Waals surface area contributed by atoms with Crippen molar-refractivity contribution in [3.8, 4) is 0 Å². The molecule has 1 amide bonds. The van der Waals surface area contributed by atoms with Crippen LogP contribution in [0, 0.1) is 23.2 Å². The number of aliphatic hydroxyl groups excluding tert-OH is 3. The molecular formula is C29H45NO4. The number of fused-ring (bicyclic) bond motifs is 1. The average Bonchev–Trinajstić information content (AvgIpc) is 3.18. The highest BCUT2D eigenvalue weighted by Crippen LogP contribution is 2.59. The monoisotopic (exact) mass is 471 g/mol. The lowest BCUT2D eigenvalue weighted by atomic mass is 9.60. The minimum absolute atomic E-state index is 0.0702. The summed E-state index contributed by atoms with van der Waals surface area (Å²) in [5.41, 5.74) is 3.38. The first-order valence-electron chi connectivity index (χ1n) is 13.6. The maximum absolute atomic E-state index is 12.8. The molecule has 190 valence electrons. The van der Waals surface area contributed by atoms with Crippen molar-refractivity contribution in [1.29, 1.82) is 0 Å². The lowest BCUT2D eigenvalue weighted by molar-refractivity contribution is -0.142. The summed E-state index contributed by atoms with van der Waals surface area (Å²) in [5.74, 6) is 1.26. The van der Waals surface area contributed by atoms with Gasteiger partial charge in [0.2, 0.25) is 0 Å². The topological polar surface area (TPSA) is 81.0 Å². The van der Waals surface area contributed by atoms with Crippen LogP contribution < -0.4 is 0 Å². The molecule has 0 aromatic heterocycles. The van der Waals surface area contributed by atoms with Crippen LogP contribution in [0.1, 0.15) is 84.5 Å². The van der Waals surface area contributed by atoms with Crippen LogP contribution in [-0.2, 0) is 4.79 Å². The van der Waals surface area contributed by atoms with Crippen molar-refractivity contribution in [2.75, 3.05) is 13.1 Å². The molecule has 0 bridgehead atoms. The molecule has 3 aliphatic carbocycles. The molecular weight excluding hydrogens is 426 g/mol. The van der Waals surface area contributed by atoms with Crippen LogP contribution in [0.15, 0.2) is 35.5 Å². The van der Waals surface area contributed by atoms with Crippen molar-refractivity contribution in [2.24, 2.45) is 23.2 Å². The Hall–Kier alpha value is -1.43. The van der Waals surface area contributed by atoms with Gasteiger partial charge in [0.05, 0.1) is 12.2 Å². The van der Waals surface area contributed by atoms with E-state index in [0.29, 0.717) is 37.0 Å². The first kappa shape index (κ1) is 25.7. The van der Waals surface area contributed by atoms with Crippen LogP contribution in [-0.4, -0.2) is 57.5 Å². The van der Waals surface area contributed by atoms with Crippen molar-refractivity contribution in [3.63, 3.8) is 0 Å². The minimum atomic E-state index is -0.880. The van der Waals surface area contributed by atoms with Gasteiger partial charge in [-0.25, -0.2) is 0 Å². The standard InChI is InChI=1S/C29H45NO4/c1-19(16-27(33)28(34)30-14-5-4-6-15-30)24-11-12-25-21(8-7-13-29(24,25)3)9-10-22-17-23(31)18-26(32)20(22)2/h9-10,19,23-27,31-33H,2,4-8,11-18H2,1,3H3/b21-9+,22-10+/t19?,23-,24-,25+,26+,27?,29-/m1/s1. The number of amides is 1. The number of nitrogens with zero attached hydrogens (tertiary/aromatic N) is 1. The molecule has 7 atom stereocenters. The van der Waals surface area contributed by atoms with E-state index in [1.807, 2.05) is 4.90 Å². The van der Waals surface area contributed by atoms with Gasteiger partial charge in [-0.2, -0.15) is 0 Å². The zero-order chi connectivity index (χ0) is 24.5. The Morgan fingerprint density at radius 3 is 2.65 bits per heavy atom. The van der Waals surface area contributed by atoms with Gasteiger partial charge in [-0.05, 0) is 98.5 Å². The lowest BCUT2D eigenvalue weighted by Gasteiger charge is -2.44. The molecule has 0 spiro atoms. The number of carbonyl (C=O) groups is 1. The number of aliphatic hydroxyl groups is 3.